The average molecular weight is 563 g/mol. The Balaban J connectivity index is 1.49. The molecule has 1 N–H and O–H groups in total. The van der Waals surface area contributed by atoms with Crippen molar-refractivity contribution >= 4 is 17.3 Å². The molecular weight excluding hydrogens is 524 g/mol. The Labute approximate surface area is 248 Å². The van der Waals surface area contributed by atoms with Gasteiger partial charge in [-0.3, -0.25) is 0 Å². The van der Waals surface area contributed by atoms with Gasteiger partial charge in [-0.25, -0.2) is 4.79 Å². The van der Waals surface area contributed by atoms with Gasteiger partial charge in [0.2, 0.25) is 0 Å². The fourth-order valence-electron chi connectivity index (χ4n) is 6.05. The Kier molecular flexibility index (Phi) is 7.79. The lowest BCUT2D eigenvalue weighted by Crippen LogP contribution is -2.33. The molecule has 0 radical (unpaired) electrons. The summed E-state index contributed by atoms with van der Waals surface area (Å²) >= 11 is 0. The highest BCUT2D eigenvalue weighted by Crippen LogP contribution is 2.58. The van der Waals surface area contributed by atoms with Gasteiger partial charge >= 0.3 is 5.97 Å². The number of carbonyl (C=O) groups excluding carboxylic acids is 1. The minimum Gasteiger partial charge on any atom is -0.494 e. The molecule has 0 amide bonds. The van der Waals surface area contributed by atoms with Crippen LogP contribution in [0.2, 0.25) is 0 Å². The number of anilines is 2. The first-order chi connectivity index (χ1) is 20.6. The van der Waals surface area contributed by atoms with Crippen molar-refractivity contribution in [3.05, 3.63) is 113 Å². The van der Waals surface area contributed by atoms with Crippen LogP contribution in [0.15, 0.2) is 84.9 Å². The molecule has 6 heteroatoms. The number of methoxy groups -OCH3 is 1. The molecular formula is C36H38N2O4. The smallest absolute Gasteiger partial charge is 0.340 e. The summed E-state index contributed by atoms with van der Waals surface area (Å²) in [7, 11) is 1.66. The van der Waals surface area contributed by atoms with Crippen LogP contribution in [-0.2, 0) is 16.9 Å². The van der Waals surface area contributed by atoms with Gasteiger partial charge in [-0.15, -0.1) is 0 Å². The second-order valence-corrected chi connectivity index (χ2v) is 11.0. The molecule has 0 bridgehead atoms. The number of hydrogen-bond acceptors (Lipinski definition) is 6. The monoisotopic (exact) mass is 562 g/mol. The van der Waals surface area contributed by atoms with Crippen molar-refractivity contribution in [3.8, 4) is 17.2 Å². The van der Waals surface area contributed by atoms with Crippen molar-refractivity contribution in [1.29, 1.82) is 0 Å². The van der Waals surface area contributed by atoms with Crippen LogP contribution in [0, 0.1) is 0 Å². The van der Waals surface area contributed by atoms with E-state index in [1.165, 1.54) is 0 Å². The summed E-state index contributed by atoms with van der Waals surface area (Å²) in [5.41, 5.74) is 4.91. The first-order valence-corrected chi connectivity index (χ1v) is 15.0. The highest BCUT2D eigenvalue weighted by Gasteiger charge is 2.53. The largest absolute Gasteiger partial charge is 0.494 e. The molecule has 0 saturated carbocycles. The van der Waals surface area contributed by atoms with Crippen LogP contribution in [0.3, 0.4) is 0 Å². The van der Waals surface area contributed by atoms with E-state index in [2.05, 4.69) is 54.4 Å². The van der Waals surface area contributed by atoms with E-state index in [-0.39, 0.29) is 5.97 Å². The fourth-order valence-corrected chi connectivity index (χ4v) is 6.05. The van der Waals surface area contributed by atoms with Crippen LogP contribution in [0.4, 0.5) is 11.4 Å². The maximum Gasteiger partial charge on any atom is 0.340 e. The third kappa shape index (κ3) is 4.85. The van der Waals surface area contributed by atoms with Crippen LogP contribution in [-0.4, -0.2) is 26.2 Å². The quantitative estimate of drug-likeness (QED) is 0.186. The number of benzene rings is 4. The molecule has 2 heterocycles. The number of fused-ring (bicyclic) bond motifs is 6. The van der Waals surface area contributed by atoms with Crippen molar-refractivity contribution in [2.24, 2.45) is 0 Å². The number of hydrogen-bond donors (Lipinski definition) is 1. The summed E-state index contributed by atoms with van der Waals surface area (Å²) in [4.78, 5) is 15.8. The van der Waals surface area contributed by atoms with Gasteiger partial charge in [-0.05, 0) is 42.7 Å². The van der Waals surface area contributed by atoms with Gasteiger partial charge in [0.05, 0.1) is 18.4 Å². The Bertz CT molecular complexity index is 1580. The highest BCUT2D eigenvalue weighted by molar-refractivity contribution is 5.97. The Morgan fingerprint density at radius 3 is 2.26 bits per heavy atom. The van der Waals surface area contributed by atoms with Gasteiger partial charge in [0.1, 0.15) is 17.2 Å². The molecule has 6 nitrogen and oxygen atoms in total. The molecule has 6 rings (SSSR count). The van der Waals surface area contributed by atoms with Crippen molar-refractivity contribution in [1.82, 2.24) is 0 Å². The number of nitrogens with zero attached hydrogens (tertiary/aromatic N) is 1. The number of carbonyl (C=O) groups is 1. The van der Waals surface area contributed by atoms with Gasteiger partial charge in [-0.2, -0.15) is 0 Å². The van der Waals surface area contributed by atoms with E-state index in [1.54, 1.807) is 7.11 Å². The van der Waals surface area contributed by atoms with Gasteiger partial charge in [0.15, 0.2) is 5.60 Å². The van der Waals surface area contributed by atoms with Crippen molar-refractivity contribution in [3.63, 3.8) is 0 Å². The normalized spacial score (nSPS) is 16.2. The van der Waals surface area contributed by atoms with Crippen molar-refractivity contribution in [2.75, 3.05) is 30.4 Å². The molecule has 1 atom stereocenters. The summed E-state index contributed by atoms with van der Waals surface area (Å²) in [6.45, 7) is 7.03. The minimum absolute atomic E-state index is 0.337. The third-order valence-corrected chi connectivity index (χ3v) is 8.27. The summed E-state index contributed by atoms with van der Waals surface area (Å²) in [5, 5.41) is 3.53. The second kappa shape index (κ2) is 11.8. The van der Waals surface area contributed by atoms with E-state index in [9.17, 15) is 4.79 Å². The van der Waals surface area contributed by atoms with E-state index in [0.717, 1.165) is 72.4 Å². The number of unbranched alkanes of at least 4 members (excludes halogenated alkanes) is 2. The van der Waals surface area contributed by atoms with E-state index in [1.807, 2.05) is 54.6 Å². The predicted octanol–water partition coefficient (Wildman–Crippen LogP) is 8.28. The van der Waals surface area contributed by atoms with Crippen LogP contribution < -0.4 is 19.7 Å². The fraction of sp³-hybridized carbons (Fsp3) is 0.306. The second-order valence-electron chi connectivity index (χ2n) is 11.0. The molecule has 0 saturated heterocycles. The maximum absolute atomic E-state index is 13.4. The Hall–Kier alpha value is -4.45. The lowest BCUT2D eigenvalue weighted by atomic mass is 9.77. The lowest BCUT2D eigenvalue weighted by Gasteiger charge is -2.38. The van der Waals surface area contributed by atoms with Crippen LogP contribution in [0.5, 0.6) is 17.2 Å². The third-order valence-electron chi connectivity index (χ3n) is 8.27. The zero-order chi connectivity index (χ0) is 29.1. The van der Waals surface area contributed by atoms with Crippen LogP contribution >= 0.6 is 0 Å². The van der Waals surface area contributed by atoms with Crippen molar-refractivity contribution in [2.45, 2.75) is 51.7 Å². The number of nitrogens with one attached hydrogen (secondary N) is 1. The Morgan fingerprint density at radius 2 is 1.52 bits per heavy atom. The van der Waals surface area contributed by atoms with E-state index < -0.39 is 5.60 Å². The molecule has 42 heavy (non-hydrogen) atoms. The summed E-state index contributed by atoms with van der Waals surface area (Å²) in [6, 6.07) is 28.1. The van der Waals surface area contributed by atoms with Gasteiger partial charge < -0.3 is 24.4 Å². The van der Waals surface area contributed by atoms with E-state index in [4.69, 9.17) is 14.2 Å². The number of esters is 1. The maximum atomic E-state index is 13.4. The van der Waals surface area contributed by atoms with Crippen molar-refractivity contribution < 1.29 is 19.0 Å². The molecule has 0 aliphatic carbocycles. The molecule has 2 aliphatic rings. The molecule has 4 aromatic carbocycles. The summed E-state index contributed by atoms with van der Waals surface area (Å²) < 4.78 is 18.9. The first kappa shape index (κ1) is 27.7. The average Bonchev–Trinajstić information content (AvgIpc) is 3.32. The zero-order valence-electron chi connectivity index (χ0n) is 24.6. The predicted molar refractivity (Wildman–Crippen MR) is 167 cm³/mol. The minimum atomic E-state index is -1.14. The zero-order valence-corrected chi connectivity index (χ0v) is 24.6. The summed E-state index contributed by atoms with van der Waals surface area (Å²) in [5.74, 6) is 1.62. The molecule has 1 spiro atoms. The lowest BCUT2D eigenvalue weighted by molar-refractivity contribution is 0.0224. The Morgan fingerprint density at radius 1 is 0.810 bits per heavy atom. The van der Waals surface area contributed by atoms with Gasteiger partial charge in [0, 0.05) is 54.1 Å². The van der Waals surface area contributed by atoms with Gasteiger partial charge in [-0.1, -0.05) is 75.2 Å². The topological polar surface area (TPSA) is 60.0 Å². The number of ether oxygens (including phenoxy) is 3. The molecule has 2 aliphatic heterocycles. The molecule has 0 fully saturated rings. The van der Waals surface area contributed by atoms with Gasteiger partial charge in [0.25, 0.3) is 0 Å². The summed E-state index contributed by atoms with van der Waals surface area (Å²) in [6.07, 6.45) is 4.51. The van der Waals surface area contributed by atoms with E-state index in [0.29, 0.717) is 29.4 Å². The molecule has 1 unspecified atom stereocenters. The number of rotatable bonds is 11. The molecule has 0 aromatic heterocycles. The molecule has 4 aromatic rings. The van der Waals surface area contributed by atoms with E-state index >= 15 is 0 Å². The van der Waals surface area contributed by atoms with Crippen LogP contribution in [0.25, 0.3) is 0 Å². The highest BCUT2D eigenvalue weighted by atomic mass is 16.6. The SMILES string of the molecule is CCCCN(CCCC)c1ccc2c(c1)Oc1cc(OC)c(NCc3ccccc3)cc1C21OC(=O)c2ccccc21. The van der Waals surface area contributed by atoms with Crippen LogP contribution in [0.1, 0.15) is 72.1 Å². The standard InChI is InChI=1S/C36H38N2O4/c1-4-6-19-38(20-7-5-2)26-17-18-29-32(21-26)41-33-23-34(40-3)31(37-24-25-13-9-8-10-14-25)22-30(33)36(29)28-16-12-11-15-27(28)35(39)42-36/h8-18,21-23,37H,4-7,19-20,24H2,1-3H3. The first-order valence-electron chi connectivity index (χ1n) is 15.0. The molecule has 216 valence electrons.